The fourth-order valence-corrected chi connectivity index (χ4v) is 2.38. The van der Waals surface area contributed by atoms with E-state index >= 15 is 0 Å². The lowest BCUT2D eigenvalue weighted by Gasteiger charge is -2.09. The van der Waals surface area contributed by atoms with Gasteiger partial charge in [0.05, 0.1) is 18.3 Å². The minimum atomic E-state index is 0.721. The van der Waals surface area contributed by atoms with Crippen molar-refractivity contribution in [2.24, 2.45) is 0 Å². The Kier molecular flexibility index (Phi) is 3.63. The topological polar surface area (TPSA) is 42.7 Å². The van der Waals surface area contributed by atoms with Gasteiger partial charge in [-0.1, -0.05) is 25.1 Å². The van der Waals surface area contributed by atoms with Gasteiger partial charge in [-0.05, 0) is 24.6 Å². The molecule has 20 heavy (non-hydrogen) atoms. The molecule has 0 saturated carbocycles. The zero-order valence-electron chi connectivity index (χ0n) is 11.6. The average molecular weight is 266 g/mol. The number of aromatic nitrogens is 3. The third-order valence-corrected chi connectivity index (χ3v) is 3.30. The van der Waals surface area contributed by atoms with Gasteiger partial charge in [0.1, 0.15) is 11.3 Å². The lowest BCUT2D eigenvalue weighted by molar-refractivity contribution is 0.661. The Balaban J connectivity index is 1.88. The minimum Gasteiger partial charge on any atom is -0.378 e. The normalized spacial score (nSPS) is 10.8. The number of rotatable bonds is 5. The van der Waals surface area contributed by atoms with Crippen molar-refractivity contribution in [2.45, 2.75) is 26.4 Å². The predicted octanol–water partition coefficient (Wildman–Crippen LogP) is 3.45. The molecule has 3 aromatic rings. The Bertz CT molecular complexity index is 688. The molecule has 0 atom stereocenters. The molecule has 0 saturated heterocycles. The van der Waals surface area contributed by atoms with Crippen molar-refractivity contribution in [3.05, 3.63) is 54.6 Å². The molecular weight excluding hydrogens is 248 g/mol. The Morgan fingerprint density at radius 3 is 2.80 bits per heavy atom. The summed E-state index contributed by atoms with van der Waals surface area (Å²) < 4.78 is 2.27. The van der Waals surface area contributed by atoms with Gasteiger partial charge in [-0.3, -0.25) is 4.98 Å². The summed E-state index contributed by atoms with van der Waals surface area (Å²) in [5, 5.41) is 3.42. The number of anilines is 1. The number of nitrogens with zero attached hydrogens (tertiary/aromatic N) is 3. The first-order valence-electron chi connectivity index (χ1n) is 6.96. The second-order valence-corrected chi connectivity index (χ2v) is 4.76. The number of fused-ring (bicyclic) bond motifs is 1. The van der Waals surface area contributed by atoms with Crippen molar-refractivity contribution in [2.75, 3.05) is 5.32 Å². The number of benzene rings is 1. The highest BCUT2D eigenvalue weighted by molar-refractivity contribution is 5.74. The van der Waals surface area contributed by atoms with E-state index in [9.17, 15) is 0 Å². The zero-order valence-corrected chi connectivity index (χ0v) is 11.6. The largest absolute Gasteiger partial charge is 0.378 e. The van der Waals surface area contributed by atoms with E-state index in [1.54, 1.807) is 0 Å². The quantitative estimate of drug-likeness (QED) is 0.769. The van der Waals surface area contributed by atoms with Crippen molar-refractivity contribution in [1.29, 1.82) is 0 Å². The van der Waals surface area contributed by atoms with Crippen LogP contribution in [0.5, 0.6) is 0 Å². The first kappa shape index (κ1) is 12.7. The summed E-state index contributed by atoms with van der Waals surface area (Å²) in [6, 6.07) is 12.2. The second kappa shape index (κ2) is 5.74. The Hall–Kier alpha value is -2.36. The number of aryl methyl sites for hydroxylation is 1. The van der Waals surface area contributed by atoms with Crippen molar-refractivity contribution < 1.29 is 0 Å². The highest BCUT2D eigenvalue weighted by atomic mass is 15.1. The molecule has 1 aromatic carbocycles. The van der Waals surface area contributed by atoms with E-state index in [0.717, 1.165) is 42.1 Å². The molecule has 0 radical (unpaired) electrons. The third-order valence-electron chi connectivity index (χ3n) is 3.30. The molecule has 0 amide bonds. The van der Waals surface area contributed by atoms with Crippen molar-refractivity contribution in [1.82, 2.24) is 14.5 Å². The predicted molar refractivity (Wildman–Crippen MR) is 81.6 cm³/mol. The van der Waals surface area contributed by atoms with E-state index in [2.05, 4.69) is 38.9 Å². The summed E-state index contributed by atoms with van der Waals surface area (Å²) >= 11 is 0. The number of hydrogen-bond acceptors (Lipinski definition) is 3. The van der Waals surface area contributed by atoms with Crippen LogP contribution < -0.4 is 5.32 Å². The molecule has 1 N–H and O–H groups in total. The van der Waals surface area contributed by atoms with Gasteiger partial charge in [-0.15, -0.1) is 0 Å². The van der Waals surface area contributed by atoms with Crippen molar-refractivity contribution in [3.63, 3.8) is 0 Å². The van der Waals surface area contributed by atoms with Gasteiger partial charge < -0.3 is 9.88 Å². The molecule has 4 heteroatoms. The summed E-state index contributed by atoms with van der Waals surface area (Å²) in [4.78, 5) is 8.83. The van der Waals surface area contributed by atoms with Gasteiger partial charge in [0.2, 0.25) is 0 Å². The summed E-state index contributed by atoms with van der Waals surface area (Å²) in [5.74, 6) is 1.05. The second-order valence-electron chi connectivity index (χ2n) is 4.76. The fourth-order valence-electron chi connectivity index (χ4n) is 2.38. The van der Waals surface area contributed by atoms with Gasteiger partial charge in [0.15, 0.2) is 0 Å². The molecule has 0 fully saturated rings. The summed E-state index contributed by atoms with van der Waals surface area (Å²) in [7, 11) is 0. The van der Waals surface area contributed by atoms with E-state index in [1.165, 1.54) is 0 Å². The molecule has 4 nitrogen and oxygen atoms in total. The third kappa shape index (κ3) is 2.50. The van der Waals surface area contributed by atoms with Crippen LogP contribution in [0.15, 0.2) is 48.8 Å². The van der Waals surface area contributed by atoms with Crippen LogP contribution in [0.2, 0.25) is 0 Å². The van der Waals surface area contributed by atoms with E-state index < -0.39 is 0 Å². The van der Waals surface area contributed by atoms with Crippen LogP contribution in [0.3, 0.4) is 0 Å². The molecule has 2 aromatic heterocycles. The maximum absolute atomic E-state index is 4.68. The van der Waals surface area contributed by atoms with E-state index in [4.69, 9.17) is 0 Å². The van der Waals surface area contributed by atoms with Crippen LogP contribution in [0.4, 0.5) is 5.69 Å². The van der Waals surface area contributed by atoms with Crippen LogP contribution in [0.25, 0.3) is 11.0 Å². The maximum atomic E-state index is 4.68. The highest BCUT2D eigenvalue weighted by Crippen LogP contribution is 2.17. The molecule has 0 unspecified atom stereocenters. The average Bonchev–Trinajstić information content (AvgIpc) is 2.85. The number of imidazole rings is 1. The summed E-state index contributed by atoms with van der Waals surface area (Å²) in [6.07, 6.45) is 4.74. The number of para-hydroxylation sites is 1. The van der Waals surface area contributed by atoms with Crippen molar-refractivity contribution >= 4 is 16.7 Å². The molecule has 0 aliphatic rings. The van der Waals surface area contributed by atoms with E-state index in [-0.39, 0.29) is 0 Å². The maximum Gasteiger partial charge on any atom is 0.129 e. The molecule has 0 aliphatic carbocycles. The molecule has 0 bridgehead atoms. The van der Waals surface area contributed by atoms with Gasteiger partial charge in [0.25, 0.3) is 0 Å². The fraction of sp³-hybridized carbons (Fsp3) is 0.250. The molecular formula is C16H18N4. The highest BCUT2D eigenvalue weighted by Gasteiger charge is 2.09. The Morgan fingerprint density at radius 2 is 2.00 bits per heavy atom. The minimum absolute atomic E-state index is 0.721. The van der Waals surface area contributed by atoms with Gasteiger partial charge >= 0.3 is 0 Å². The molecule has 0 spiro atoms. The summed E-state index contributed by atoms with van der Waals surface area (Å²) in [5.41, 5.74) is 3.23. The first-order chi connectivity index (χ1) is 9.88. The van der Waals surface area contributed by atoms with E-state index in [1.807, 2.05) is 36.7 Å². The van der Waals surface area contributed by atoms with Crippen LogP contribution in [0.1, 0.15) is 19.2 Å². The lowest BCUT2D eigenvalue weighted by Crippen LogP contribution is -2.08. The van der Waals surface area contributed by atoms with Crippen LogP contribution in [-0.2, 0) is 13.1 Å². The van der Waals surface area contributed by atoms with Crippen LogP contribution >= 0.6 is 0 Å². The molecule has 2 heterocycles. The van der Waals surface area contributed by atoms with Gasteiger partial charge in [-0.25, -0.2) is 4.98 Å². The van der Waals surface area contributed by atoms with Crippen LogP contribution in [-0.4, -0.2) is 14.5 Å². The van der Waals surface area contributed by atoms with Crippen LogP contribution in [0, 0.1) is 0 Å². The Morgan fingerprint density at radius 1 is 1.15 bits per heavy atom. The SMILES string of the molecule is CCCn1c(CNc2ccccc2)nc2cnccc21. The smallest absolute Gasteiger partial charge is 0.129 e. The number of hydrogen-bond donors (Lipinski definition) is 1. The first-order valence-corrected chi connectivity index (χ1v) is 6.96. The number of pyridine rings is 1. The summed E-state index contributed by atoms with van der Waals surface area (Å²) in [6.45, 7) is 3.88. The van der Waals surface area contributed by atoms with Crippen molar-refractivity contribution in [3.8, 4) is 0 Å². The van der Waals surface area contributed by atoms with E-state index in [0.29, 0.717) is 0 Å². The number of nitrogens with one attached hydrogen (secondary N) is 1. The van der Waals surface area contributed by atoms with Gasteiger partial charge in [-0.2, -0.15) is 0 Å². The monoisotopic (exact) mass is 266 g/mol. The zero-order chi connectivity index (χ0) is 13.8. The molecule has 3 rings (SSSR count). The molecule has 102 valence electrons. The lowest BCUT2D eigenvalue weighted by atomic mass is 10.3. The standard InChI is InChI=1S/C16H18N4/c1-2-10-20-15-8-9-17-11-14(15)19-16(20)12-18-13-6-4-3-5-7-13/h3-9,11,18H,2,10,12H2,1H3. The van der Waals surface area contributed by atoms with Gasteiger partial charge in [0, 0.05) is 18.4 Å². The molecule has 0 aliphatic heterocycles. The Labute approximate surface area is 118 Å².